The number of benzene rings is 2. The van der Waals surface area contributed by atoms with E-state index < -0.39 is 12.1 Å². The molecule has 1 amide bonds. The second-order valence-electron chi connectivity index (χ2n) is 6.45. The normalized spacial score (nSPS) is 14.9. The van der Waals surface area contributed by atoms with Crippen LogP contribution in [0.25, 0.3) is 11.1 Å². The summed E-state index contributed by atoms with van der Waals surface area (Å²) in [5, 5.41) is 3.26. The highest BCUT2D eigenvalue weighted by Crippen LogP contribution is 2.40. The highest BCUT2D eigenvalue weighted by Gasteiger charge is 2.30. The van der Waals surface area contributed by atoms with E-state index in [1.807, 2.05) is 49.4 Å². The molecule has 1 aliphatic heterocycles. The molecule has 0 radical (unpaired) electrons. The van der Waals surface area contributed by atoms with Crippen molar-refractivity contribution in [2.24, 2.45) is 0 Å². The summed E-state index contributed by atoms with van der Waals surface area (Å²) < 4.78 is 16.4. The van der Waals surface area contributed by atoms with E-state index in [1.165, 1.54) is 18.4 Å². The average molecular weight is 409 g/mol. The number of ether oxygens (including phenoxy) is 3. The Balaban J connectivity index is 1.64. The molecule has 0 unspecified atom stereocenters. The molecule has 0 bridgehead atoms. The Morgan fingerprint density at radius 1 is 1.07 bits per heavy atom. The third-order valence-corrected chi connectivity index (χ3v) is 5.59. The van der Waals surface area contributed by atoms with Crippen molar-refractivity contribution >= 4 is 28.2 Å². The lowest BCUT2D eigenvalue weighted by atomic mass is 10.0. The zero-order valence-corrected chi connectivity index (χ0v) is 16.7. The van der Waals surface area contributed by atoms with Gasteiger partial charge in [-0.3, -0.25) is 4.79 Å². The molecule has 29 heavy (non-hydrogen) atoms. The number of carbonyl (C=O) groups excluding carboxylic acids is 2. The lowest BCUT2D eigenvalue weighted by Crippen LogP contribution is -2.40. The molecule has 1 N–H and O–H groups in total. The largest absolute Gasteiger partial charge is 0.485 e. The Bertz CT molecular complexity index is 1060. The van der Waals surface area contributed by atoms with Crippen LogP contribution < -0.4 is 14.8 Å². The number of thiophene rings is 1. The van der Waals surface area contributed by atoms with Gasteiger partial charge in [0.15, 0.2) is 11.5 Å². The van der Waals surface area contributed by atoms with Gasteiger partial charge in [0.25, 0.3) is 5.91 Å². The van der Waals surface area contributed by atoms with Crippen molar-refractivity contribution in [1.29, 1.82) is 0 Å². The van der Waals surface area contributed by atoms with Gasteiger partial charge in [-0.25, -0.2) is 4.79 Å². The van der Waals surface area contributed by atoms with Crippen LogP contribution in [0.15, 0.2) is 54.6 Å². The Morgan fingerprint density at radius 2 is 1.76 bits per heavy atom. The highest BCUT2D eigenvalue weighted by molar-refractivity contribution is 7.17. The van der Waals surface area contributed by atoms with E-state index in [-0.39, 0.29) is 12.5 Å². The summed E-state index contributed by atoms with van der Waals surface area (Å²) in [6.07, 6.45) is -0.821. The molecule has 3 aromatic rings. The van der Waals surface area contributed by atoms with Crippen LogP contribution >= 0.6 is 11.3 Å². The molecular formula is C22H19NO5S. The van der Waals surface area contributed by atoms with Crippen LogP contribution in [0.4, 0.5) is 5.00 Å². The summed E-state index contributed by atoms with van der Waals surface area (Å²) in [6.45, 7) is 2.00. The fourth-order valence-corrected chi connectivity index (χ4v) is 4.29. The summed E-state index contributed by atoms with van der Waals surface area (Å²) in [4.78, 5) is 26.3. The van der Waals surface area contributed by atoms with Gasteiger partial charge in [-0.2, -0.15) is 0 Å². The number of carbonyl (C=O) groups is 2. The fourth-order valence-electron chi connectivity index (χ4n) is 3.22. The predicted octanol–water partition coefficient (Wildman–Crippen LogP) is 4.29. The summed E-state index contributed by atoms with van der Waals surface area (Å²) in [5.74, 6) is 0.227. The summed E-state index contributed by atoms with van der Waals surface area (Å²) in [7, 11) is 1.32. The molecule has 6 nitrogen and oxygen atoms in total. The van der Waals surface area contributed by atoms with E-state index in [2.05, 4.69) is 5.32 Å². The van der Waals surface area contributed by atoms with Gasteiger partial charge in [0.2, 0.25) is 6.10 Å². The van der Waals surface area contributed by atoms with Gasteiger partial charge in [-0.1, -0.05) is 42.5 Å². The van der Waals surface area contributed by atoms with Gasteiger partial charge >= 0.3 is 5.97 Å². The molecule has 1 atom stereocenters. The van der Waals surface area contributed by atoms with Crippen LogP contribution in [-0.4, -0.2) is 31.7 Å². The standard InChI is InChI=1S/C22H19NO5S/c1-13-18(14-8-4-3-5-9-14)19(22(25)26-2)21(29-13)23-20(24)17-12-27-15-10-6-7-11-16(15)28-17/h3-11,17H,12H2,1-2H3,(H,23,24)/t17-/m1/s1. The van der Waals surface area contributed by atoms with Crippen molar-refractivity contribution in [3.8, 4) is 22.6 Å². The van der Waals surface area contributed by atoms with E-state index in [9.17, 15) is 9.59 Å². The third kappa shape index (κ3) is 3.69. The Morgan fingerprint density at radius 3 is 2.48 bits per heavy atom. The van der Waals surface area contributed by atoms with Crippen LogP contribution in [0.2, 0.25) is 0 Å². The van der Waals surface area contributed by atoms with E-state index in [1.54, 1.807) is 12.1 Å². The fraction of sp³-hybridized carbons (Fsp3) is 0.182. The number of nitrogens with one attached hydrogen (secondary N) is 1. The number of hydrogen-bond donors (Lipinski definition) is 1. The Hall–Kier alpha value is -3.32. The number of rotatable bonds is 4. The van der Waals surface area contributed by atoms with Gasteiger partial charge in [0.1, 0.15) is 17.2 Å². The van der Waals surface area contributed by atoms with Gasteiger partial charge in [-0.05, 0) is 24.6 Å². The number of fused-ring (bicyclic) bond motifs is 1. The summed E-state index contributed by atoms with van der Waals surface area (Å²) in [5.41, 5.74) is 1.98. The van der Waals surface area contributed by atoms with E-state index >= 15 is 0 Å². The van der Waals surface area contributed by atoms with Crippen LogP contribution in [0.3, 0.4) is 0 Å². The predicted molar refractivity (Wildman–Crippen MR) is 111 cm³/mol. The van der Waals surface area contributed by atoms with Crippen molar-refractivity contribution in [1.82, 2.24) is 0 Å². The minimum atomic E-state index is -0.821. The average Bonchev–Trinajstić information content (AvgIpc) is 3.08. The number of aryl methyl sites for hydroxylation is 1. The number of hydrogen-bond acceptors (Lipinski definition) is 6. The van der Waals surface area contributed by atoms with Crippen LogP contribution in [0.1, 0.15) is 15.2 Å². The van der Waals surface area contributed by atoms with Crippen molar-refractivity contribution in [2.45, 2.75) is 13.0 Å². The van der Waals surface area contributed by atoms with Crippen molar-refractivity contribution < 1.29 is 23.8 Å². The molecule has 0 saturated heterocycles. The maximum absolute atomic E-state index is 12.8. The van der Waals surface area contributed by atoms with Crippen molar-refractivity contribution in [2.75, 3.05) is 19.0 Å². The Labute approximate surface area is 172 Å². The quantitative estimate of drug-likeness (QED) is 0.651. The SMILES string of the molecule is COC(=O)c1c(NC(=O)[C@H]2COc3ccccc3O2)sc(C)c1-c1ccccc1. The monoisotopic (exact) mass is 409 g/mol. The molecule has 7 heteroatoms. The van der Waals surface area contributed by atoms with Crippen molar-refractivity contribution in [3.63, 3.8) is 0 Å². The molecule has 0 aliphatic carbocycles. The minimum absolute atomic E-state index is 0.0896. The Kier molecular flexibility index (Phi) is 5.22. The minimum Gasteiger partial charge on any atom is -0.485 e. The second-order valence-corrected chi connectivity index (χ2v) is 7.67. The van der Waals surface area contributed by atoms with Crippen LogP contribution in [-0.2, 0) is 9.53 Å². The molecule has 2 heterocycles. The number of esters is 1. The molecule has 1 aliphatic rings. The molecular weight excluding hydrogens is 390 g/mol. The molecule has 4 rings (SSSR count). The number of amides is 1. The second kappa shape index (κ2) is 7.97. The lowest BCUT2D eigenvalue weighted by Gasteiger charge is -2.25. The van der Waals surface area contributed by atoms with Crippen LogP contribution in [0, 0.1) is 6.92 Å². The molecule has 0 fully saturated rings. The smallest absolute Gasteiger partial charge is 0.341 e. The summed E-state index contributed by atoms with van der Waals surface area (Å²) in [6, 6.07) is 16.7. The maximum atomic E-state index is 12.8. The van der Waals surface area contributed by atoms with Gasteiger partial charge in [0.05, 0.1) is 7.11 Å². The van der Waals surface area contributed by atoms with Crippen molar-refractivity contribution in [3.05, 3.63) is 65.0 Å². The summed E-state index contributed by atoms with van der Waals surface area (Å²) >= 11 is 1.33. The molecule has 0 saturated carbocycles. The number of para-hydroxylation sites is 2. The van der Waals surface area contributed by atoms with E-state index in [0.717, 1.165) is 16.0 Å². The molecule has 1 aromatic heterocycles. The zero-order chi connectivity index (χ0) is 20.4. The third-order valence-electron chi connectivity index (χ3n) is 4.57. The lowest BCUT2D eigenvalue weighted by molar-refractivity contribution is -0.125. The first kappa shape index (κ1) is 19.0. The molecule has 2 aromatic carbocycles. The first-order valence-corrected chi connectivity index (χ1v) is 9.86. The van der Waals surface area contributed by atoms with Gasteiger partial charge < -0.3 is 19.5 Å². The van der Waals surface area contributed by atoms with Crippen LogP contribution in [0.5, 0.6) is 11.5 Å². The topological polar surface area (TPSA) is 73.9 Å². The first-order chi connectivity index (χ1) is 14.1. The maximum Gasteiger partial charge on any atom is 0.341 e. The highest BCUT2D eigenvalue weighted by atomic mass is 32.1. The van der Waals surface area contributed by atoms with E-state index in [4.69, 9.17) is 14.2 Å². The van der Waals surface area contributed by atoms with E-state index in [0.29, 0.717) is 22.1 Å². The van der Waals surface area contributed by atoms with Gasteiger partial charge in [0, 0.05) is 10.4 Å². The van der Waals surface area contributed by atoms with Gasteiger partial charge in [-0.15, -0.1) is 11.3 Å². The number of methoxy groups -OCH3 is 1. The molecule has 148 valence electrons. The first-order valence-electron chi connectivity index (χ1n) is 9.05. The molecule has 0 spiro atoms. The number of anilines is 1. The zero-order valence-electron chi connectivity index (χ0n) is 15.9.